The topological polar surface area (TPSA) is 97.4 Å². The number of esters is 1. The van der Waals surface area contributed by atoms with Crippen LogP contribution in [0.5, 0.6) is 0 Å². The van der Waals surface area contributed by atoms with Crippen molar-refractivity contribution in [2.24, 2.45) is 0 Å². The highest BCUT2D eigenvalue weighted by atomic mass is 16.5. The third-order valence-corrected chi connectivity index (χ3v) is 2.76. The first-order chi connectivity index (χ1) is 10.6. The summed E-state index contributed by atoms with van der Waals surface area (Å²) in [5, 5.41) is 0. The molecule has 0 bridgehead atoms. The lowest BCUT2D eigenvalue weighted by molar-refractivity contribution is 0.0600. The van der Waals surface area contributed by atoms with Crippen LogP contribution in [0.3, 0.4) is 0 Å². The summed E-state index contributed by atoms with van der Waals surface area (Å²) in [6.07, 6.45) is 1.47. The number of carbonyl (C=O) groups is 3. The van der Waals surface area contributed by atoms with Crippen LogP contribution in [0.2, 0.25) is 0 Å². The highest BCUT2D eigenvalue weighted by Gasteiger charge is 2.11. The van der Waals surface area contributed by atoms with E-state index < -0.39 is 17.8 Å². The predicted molar refractivity (Wildman–Crippen MR) is 77.0 cm³/mol. The van der Waals surface area contributed by atoms with Gasteiger partial charge in [-0.15, -0.1) is 0 Å². The van der Waals surface area contributed by atoms with E-state index in [0.717, 1.165) is 0 Å². The molecule has 0 saturated carbocycles. The Morgan fingerprint density at radius 3 is 2.14 bits per heavy atom. The molecule has 2 aromatic rings. The van der Waals surface area contributed by atoms with Crippen molar-refractivity contribution in [3.8, 4) is 0 Å². The molecule has 1 aromatic heterocycles. The summed E-state index contributed by atoms with van der Waals surface area (Å²) in [5.74, 6) is -1.53. The first-order valence-corrected chi connectivity index (χ1v) is 6.32. The normalized spacial score (nSPS) is 9.68. The lowest BCUT2D eigenvalue weighted by Crippen LogP contribution is -2.41. The van der Waals surface area contributed by atoms with Gasteiger partial charge >= 0.3 is 5.97 Å². The summed E-state index contributed by atoms with van der Waals surface area (Å²) < 4.78 is 4.56. The number of rotatable bonds is 3. The first kappa shape index (κ1) is 15.2. The molecule has 0 aliphatic carbocycles. The molecule has 22 heavy (non-hydrogen) atoms. The molecule has 0 spiro atoms. The van der Waals surface area contributed by atoms with Crippen molar-refractivity contribution < 1.29 is 19.1 Å². The minimum Gasteiger partial charge on any atom is -0.465 e. The van der Waals surface area contributed by atoms with E-state index in [1.165, 1.54) is 43.6 Å². The zero-order valence-electron chi connectivity index (χ0n) is 11.7. The van der Waals surface area contributed by atoms with Crippen molar-refractivity contribution in [2.75, 3.05) is 7.11 Å². The second-order valence-corrected chi connectivity index (χ2v) is 4.19. The van der Waals surface area contributed by atoms with E-state index in [2.05, 4.69) is 20.6 Å². The van der Waals surface area contributed by atoms with Gasteiger partial charge in [-0.3, -0.25) is 25.4 Å². The standard InChI is InChI=1S/C15H13N3O4/c1-22-15(21)11-7-5-10(6-8-11)13(19)17-18-14(20)12-4-2-3-9-16-12/h2-9H,1H3,(H,17,19)(H,18,20). The van der Waals surface area contributed by atoms with E-state index in [0.29, 0.717) is 5.56 Å². The number of carbonyl (C=O) groups excluding carboxylic acids is 3. The number of hydrazine groups is 1. The third-order valence-electron chi connectivity index (χ3n) is 2.76. The second-order valence-electron chi connectivity index (χ2n) is 4.19. The average Bonchev–Trinajstić information content (AvgIpc) is 2.59. The van der Waals surface area contributed by atoms with Crippen LogP contribution in [0.1, 0.15) is 31.2 Å². The molecule has 0 unspecified atom stereocenters. The van der Waals surface area contributed by atoms with Crippen molar-refractivity contribution >= 4 is 17.8 Å². The molecule has 2 amide bonds. The van der Waals surface area contributed by atoms with Crippen LogP contribution in [-0.2, 0) is 4.74 Å². The monoisotopic (exact) mass is 299 g/mol. The number of amides is 2. The molecule has 1 heterocycles. The summed E-state index contributed by atoms with van der Waals surface area (Å²) in [4.78, 5) is 38.7. The fourth-order valence-electron chi connectivity index (χ4n) is 1.62. The van der Waals surface area contributed by atoms with E-state index >= 15 is 0 Å². The fourth-order valence-corrected chi connectivity index (χ4v) is 1.62. The van der Waals surface area contributed by atoms with Crippen LogP contribution < -0.4 is 10.9 Å². The van der Waals surface area contributed by atoms with Gasteiger partial charge in [0, 0.05) is 11.8 Å². The molecule has 0 fully saturated rings. The number of ether oxygens (including phenoxy) is 1. The van der Waals surface area contributed by atoms with E-state index in [9.17, 15) is 14.4 Å². The van der Waals surface area contributed by atoms with Gasteiger partial charge in [0.05, 0.1) is 12.7 Å². The smallest absolute Gasteiger partial charge is 0.337 e. The molecule has 2 N–H and O–H groups in total. The number of benzene rings is 1. The van der Waals surface area contributed by atoms with Crippen LogP contribution in [0.15, 0.2) is 48.7 Å². The molecule has 7 nitrogen and oxygen atoms in total. The molecule has 0 atom stereocenters. The van der Waals surface area contributed by atoms with E-state index in [1.54, 1.807) is 12.1 Å². The maximum atomic E-state index is 11.9. The van der Waals surface area contributed by atoms with Gasteiger partial charge in [-0.25, -0.2) is 4.79 Å². The lowest BCUT2D eigenvalue weighted by Gasteiger charge is -2.07. The van der Waals surface area contributed by atoms with Gasteiger partial charge in [0.25, 0.3) is 11.8 Å². The van der Waals surface area contributed by atoms with Crippen LogP contribution in [0.25, 0.3) is 0 Å². The average molecular weight is 299 g/mol. The van der Waals surface area contributed by atoms with Crippen LogP contribution >= 0.6 is 0 Å². The summed E-state index contributed by atoms with van der Waals surface area (Å²) in [7, 11) is 1.27. The van der Waals surface area contributed by atoms with Crippen LogP contribution in [0.4, 0.5) is 0 Å². The van der Waals surface area contributed by atoms with E-state index in [-0.39, 0.29) is 11.3 Å². The Hall–Kier alpha value is -3.22. The van der Waals surface area contributed by atoms with Crippen LogP contribution in [-0.4, -0.2) is 29.9 Å². The van der Waals surface area contributed by atoms with Crippen molar-refractivity contribution in [1.82, 2.24) is 15.8 Å². The van der Waals surface area contributed by atoms with Gasteiger partial charge in [-0.05, 0) is 36.4 Å². The molecular formula is C15H13N3O4. The molecular weight excluding hydrogens is 286 g/mol. The first-order valence-electron chi connectivity index (χ1n) is 6.32. The summed E-state index contributed by atoms with van der Waals surface area (Å²) in [5.41, 5.74) is 5.32. The van der Waals surface area contributed by atoms with Crippen molar-refractivity contribution in [1.29, 1.82) is 0 Å². The molecule has 112 valence electrons. The fraction of sp³-hybridized carbons (Fsp3) is 0.0667. The van der Waals surface area contributed by atoms with Gasteiger partial charge in [-0.2, -0.15) is 0 Å². The van der Waals surface area contributed by atoms with Crippen LogP contribution in [0, 0.1) is 0 Å². The molecule has 1 aromatic carbocycles. The maximum absolute atomic E-state index is 11.9. The van der Waals surface area contributed by atoms with Crippen molar-refractivity contribution in [3.63, 3.8) is 0 Å². The number of aromatic nitrogens is 1. The van der Waals surface area contributed by atoms with E-state index in [4.69, 9.17) is 0 Å². The Morgan fingerprint density at radius 1 is 0.909 bits per heavy atom. The number of hydrogen-bond acceptors (Lipinski definition) is 5. The molecule has 0 radical (unpaired) electrons. The van der Waals surface area contributed by atoms with Gasteiger partial charge in [0.15, 0.2) is 0 Å². The molecule has 7 heteroatoms. The van der Waals surface area contributed by atoms with Gasteiger partial charge < -0.3 is 4.74 Å². The number of pyridine rings is 1. The number of nitrogens with zero attached hydrogens (tertiary/aromatic N) is 1. The van der Waals surface area contributed by atoms with Crippen molar-refractivity contribution in [2.45, 2.75) is 0 Å². The molecule has 0 aliphatic heterocycles. The summed E-state index contributed by atoms with van der Waals surface area (Å²) >= 11 is 0. The molecule has 0 saturated heterocycles. The Labute approximate surface area is 126 Å². The Kier molecular flexibility index (Phi) is 4.81. The summed E-state index contributed by atoms with van der Waals surface area (Å²) in [6, 6.07) is 10.7. The molecule has 0 aliphatic rings. The van der Waals surface area contributed by atoms with Crippen molar-refractivity contribution in [3.05, 3.63) is 65.5 Å². The van der Waals surface area contributed by atoms with Gasteiger partial charge in [0.1, 0.15) is 5.69 Å². The van der Waals surface area contributed by atoms with Gasteiger partial charge in [0.2, 0.25) is 0 Å². The molecule has 2 rings (SSSR count). The minimum atomic E-state index is -0.528. The maximum Gasteiger partial charge on any atom is 0.337 e. The van der Waals surface area contributed by atoms with E-state index in [1.807, 2.05) is 0 Å². The number of methoxy groups -OCH3 is 1. The largest absolute Gasteiger partial charge is 0.465 e. The second kappa shape index (κ2) is 6.98. The lowest BCUT2D eigenvalue weighted by atomic mass is 10.1. The Bertz CT molecular complexity index is 684. The minimum absolute atomic E-state index is 0.184. The number of nitrogens with one attached hydrogen (secondary N) is 2. The Morgan fingerprint density at radius 2 is 1.55 bits per heavy atom. The highest BCUT2D eigenvalue weighted by molar-refractivity contribution is 5.99. The zero-order valence-corrected chi connectivity index (χ0v) is 11.7. The highest BCUT2D eigenvalue weighted by Crippen LogP contribution is 2.05. The summed E-state index contributed by atoms with van der Waals surface area (Å²) in [6.45, 7) is 0. The quantitative estimate of drug-likeness (QED) is 0.649. The predicted octanol–water partition coefficient (Wildman–Crippen LogP) is 0.943. The number of hydrogen-bond donors (Lipinski definition) is 2. The SMILES string of the molecule is COC(=O)c1ccc(C(=O)NNC(=O)c2ccccn2)cc1. The van der Waals surface area contributed by atoms with Gasteiger partial charge in [-0.1, -0.05) is 6.07 Å². The third kappa shape index (κ3) is 3.66. The Balaban J connectivity index is 1.95. The zero-order chi connectivity index (χ0) is 15.9.